The van der Waals surface area contributed by atoms with Gasteiger partial charge in [-0.1, -0.05) is 42.1 Å². The Kier molecular flexibility index (Phi) is 5.08. The van der Waals surface area contributed by atoms with Gasteiger partial charge in [-0.3, -0.25) is 9.69 Å². The second kappa shape index (κ2) is 6.60. The lowest BCUT2D eigenvalue weighted by Crippen LogP contribution is -2.37. The number of carbonyl (C=O) groups is 1. The summed E-state index contributed by atoms with van der Waals surface area (Å²) < 4.78 is 0. The predicted octanol–water partition coefficient (Wildman–Crippen LogP) is 3.82. The summed E-state index contributed by atoms with van der Waals surface area (Å²) in [6.07, 6.45) is 4.49. The highest BCUT2D eigenvalue weighted by Gasteiger charge is 2.24. The minimum atomic E-state index is -0.794. The van der Waals surface area contributed by atoms with Crippen molar-refractivity contribution < 1.29 is 9.90 Å². The molecule has 0 heterocycles. The molecule has 1 aromatic rings. The Morgan fingerprint density at radius 2 is 2.00 bits per heavy atom. The molecule has 1 aromatic carbocycles. The first-order chi connectivity index (χ1) is 9.06. The number of benzene rings is 1. The second-order valence-corrected chi connectivity index (χ2v) is 5.82. The maximum Gasteiger partial charge on any atom is 0.317 e. The number of carboxylic acid groups (broad SMARTS) is 1. The topological polar surface area (TPSA) is 40.5 Å². The van der Waals surface area contributed by atoms with Crippen molar-refractivity contribution in [2.75, 3.05) is 6.54 Å². The molecule has 0 amide bonds. The molecule has 0 radical (unpaired) electrons. The molecular formula is C14H17Cl2NO2. The Labute approximate surface area is 123 Å². The molecule has 1 N–H and O–H groups in total. The monoisotopic (exact) mass is 301 g/mol. The van der Waals surface area contributed by atoms with Crippen molar-refractivity contribution in [3.05, 3.63) is 33.8 Å². The minimum absolute atomic E-state index is 0.0591. The molecule has 19 heavy (non-hydrogen) atoms. The van der Waals surface area contributed by atoms with Gasteiger partial charge in [0.25, 0.3) is 0 Å². The van der Waals surface area contributed by atoms with Gasteiger partial charge in [0.2, 0.25) is 0 Å². The summed E-state index contributed by atoms with van der Waals surface area (Å²) in [4.78, 5) is 13.0. The lowest BCUT2D eigenvalue weighted by molar-refractivity contribution is -0.139. The van der Waals surface area contributed by atoms with Gasteiger partial charge in [-0.15, -0.1) is 0 Å². The SMILES string of the molecule is O=C(O)CN(Cc1ccc(Cl)cc1Cl)C1CCCC1. The highest BCUT2D eigenvalue weighted by atomic mass is 35.5. The summed E-state index contributed by atoms with van der Waals surface area (Å²) in [7, 11) is 0. The average molecular weight is 302 g/mol. The van der Waals surface area contributed by atoms with Crippen LogP contribution in [0.15, 0.2) is 18.2 Å². The molecule has 5 heteroatoms. The Morgan fingerprint density at radius 1 is 1.32 bits per heavy atom. The standard InChI is InChI=1S/C14H17Cl2NO2/c15-11-6-5-10(13(16)7-11)8-17(9-14(18)19)12-3-1-2-4-12/h5-7,12H,1-4,8-9H2,(H,18,19). The molecular weight excluding hydrogens is 285 g/mol. The van der Waals surface area contributed by atoms with E-state index in [0.29, 0.717) is 22.6 Å². The number of hydrogen-bond acceptors (Lipinski definition) is 2. The fourth-order valence-corrected chi connectivity index (χ4v) is 3.09. The third kappa shape index (κ3) is 4.10. The molecule has 1 aliphatic carbocycles. The number of rotatable bonds is 5. The Bertz CT molecular complexity index is 459. The Balaban J connectivity index is 2.12. The third-order valence-corrected chi connectivity index (χ3v) is 4.15. The molecule has 0 unspecified atom stereocenters. The molecule has 0 saturated heterocycles. The van der Waals surface area contributed by atoms with Crippen LogP contribution in [0.1, 0.15) is 31.2 Å². The molecule has 104 valence electrons. The van der Waals surface area contributed by atoms with Crippen LogP contribution in [0, 0.1) is 0 Å². The van der Waals surface area contributed by atoms with E-state index >= 15 is 0 Å². The zero-order chi connectivity index (χ0) is 13.8. The van der Waals surface area contributed by atoms with Crippen molar-refractivity contribution in [2.24, 2.45) is 0 Å². The van der Waals surface area contributed by atoms with E-state index in [2.05, 4.69) is 0 Å². The molecule has 0 spiro atoms. The summed E-state index contributed by atoms with van der Waals surface area (Å²) in [5.41, 5.74) is 0.930. The number of nitrogens with zero attached hydrogens (tertiary/aromatic N) is 1. The molecule has 2 rings (SSSR count). The van der Waals surface area contributed by atoms with Crippen molar-refractivity contribution in [2.45, 2.75) is 38.3 Å². The first-order valence-corrected chi connectivity index (χ1v) is 7.21. The quantitative estimate of drug-likeness (QED) is 0.899. The maximum absolute atomic E-state index is 11.0. The lowest BCUT2D eigenvalue weighted by Gasteiger charge is -2.27. The van der Waals surface area contributed by atoms with Gasteiger partial charge in [-0.2, -0.15) is 0 Å². The summed E-state index contributed by atoms with van der Waals surface area (Å²) in [5.74, 6) is -0.794. The molecule has 0 bridgehead atoms. The van der Waals surface area contributed by atoms with Crippen molar-refractivity contribution in [1.29, 1.82) is 0 Å². The van der Waals surface area contributed by atoms with Crippen molar-refractivity contribution >= 4 is 29.2 Å². The Hall–Kier alpha value is -0.770. The largest absolute Gasteiger partial charge is 0.480 e. The van der Waals surface area contributed by atoms with E-state index in [-0.39, 0.29) is 6.54 Å². The fourth-order valence-electron chi connectivity index (χ4n) is 2.63. The smallest absolute Gasteiger partial charge is 0.317 e. The highest BCUT2D eigenvalue weighted by molar-refractivity contribution is 6.35. The van der Waals surface area contributed by atoms with Gasteiger partial charge >= 0.3 is 5.97 Å². The summed E-state index contributed by atoms with van der Waals surface area (Å²) in [6, 6.07) is 5.71. The van der Waals surface area contributed by atoms with Gasteiger partial charge in [0, 0.05) is 22.6 Å². The van der Waals surface area contributed by atoms with E-state index in [1.807, 2.05) is 11.0 Å². The van der Waals surface area contributed by atoms with Crippen LogP contribution in [0.3, 0.4) is 0 Å². The summed E-state index contributed by atoms with van der Waals surface area (Å²) in [6.45, 7) is 0.622. The van der Waals surface area contributed by atoms with Crippen LogP contribution in [-0.2, 0) is 11.3 Å². The Morgan fingerprint density at radius 3 is 2.58 bits per heavy atom. The van der Waals surface area contributed by atoms with Crippen LogP contribution in [0.2, 0.25) is 10.0 Å². The highest BCUT2D eigenvalue weighted by Crippen LogP contribution is 2.27. The number of aliphatic carboxylic acids is 1. The summed E-state index contributed by atoms with van der Waals surface area (Å²) in [5, 5.41) is 10.2. The second-order valence-electron chi connectivity index (χ2n) is 4.97. The van der Waals surface area contributed by atoms with Crippen LogP contribution in [0.4, 0.5) is 0 Å². The van der Waals surface area contributed by atoms with E-state index in [9.17, 15) is 4.79 Å². The first-order valence-electron chi connectivity index (χ1n) is 6.46. The van der Waals surface area contributed by atoms with Crippen LogP contribution >= 0.6 is 23.2 Å². The molecule has 3 nitrogen and oxygen atoms in total. The van der Waals surface area contributed by atoms with Crippen molar-refractivity contribution in [3.63, 3.8) is 0 Å². The van der Waals surface area contributed by atoms with Crippen LogP contribution in [-0.4, -0.2) is 28.6 Å². The molecule has 1 fully saturated rings. The molecule has 0 atom stereocenters. The van der Waals surface area contributed by atoms with Crippen molar-refractivity contribution in [1.82, 2.24) is 4.90 Å². The van der Waals surface area contributed by atoms with Crippen LogP contribution < -0.4 is 0 Å². The van der Waals surface area contributed by atoms with E-state index in [1.54, 1.807) is 12.1 Å². The summed E-state index contributed by atoms with van der Waals surface area (Å²) >= 11 is 12.0. The number of hydrogen-bond donors (Lipinski definition) is 1. The fraction of sp³-hybridized carbons (Fsp3) is 0.500. The van der Waals surface area contributed by atoms with Gasteiger partial charge in [0.15, 0.2) is 0 Å². The van der Waals surface area contributed by atoms with E-state index in [4.69, 9.17) is 28.3 Å². The lowest BCUT2D eigenvalue weighted by atomic mass is 10.1. The van der Waals surface area contributed by atoms with E-state index in [1.165, 1.54) is 12.8 Å². The van der Waals surface area contributed by atoms with Crippen LogP contribution in [0.25, 0.3) is 0 Å². The molecule has 0 aromatic heterocycles. The normalized spacial score (nSPS) is 16.2. The van der Waals surface area contributed by atoms with Gasteiger partial charge in [-0.05, 0) is 30.5 Å². The number of halogens is 2. The van der Waals surface area contributed by atoms with E-state index in [0.717, 1.165) is 18.4 Å². The minimum Gasteiger partial charge on any atom is -0.480 e. The van der Waals surface area contributed by atoms with Gasteiger partial charge < -0.3 is 5.11 Å². The first kappa shape index (κ1) is 14.6. The van der Waals surface area contributed by atoms with E-state index < -0.39 is 5.97 Å². The van der Waals surface area contributed by atoms with Crippen molar-refractivity contribution in [3.8, 4) is 0 Å². The molecule has 1 aliphatic rings. The predicted molar refractivity (Wildman–Crippen MR) is 76.8 cm³/mol. The maximum atomic E-state index is 11.0. The van der Waals surface area contributed by atoms with Gasteiger partial charge in [0.05, 0.1) is 6.54 Å². The molecule has 0 aliphatic heterocycles. The van der Waals surface area contributed by atoms with Crippen LogP contribution in [0.5, 0.6) is 0 Å². The zero-order valence-electron chi connectivity index (χ0n) is 10.6. The molecule has 1 saturated carbocycles. The third-order valence-electron chi connectivity index (χ3n) is 3.57. The van der Waals surface area contributed by atoms with Gasteiger partial charge in [-0.25, -0.2) is 0 Å². The zero-order valence-corrected chi connectivity index (χ0v) is 12.1. The van der Waals surface area contributed by atoms with Gasteiger partial charge in [0.1, 0.15) is 0 Å². The average Bonchev–Trinajstić information content (AvgIpc) is 2.84. The number of carboxylic acids is 1.